The van der Waals surface area contributed by atoms with E-state index in [1.54, 1.807) is 0 Å². The van der Waals surface area contributed by atoms with Crippen LogP contribution in [0.3, 0.4) is 0 Å². The summed E-state index contributed by atoms with van der Waals surface area (Å²) in [6, 6.07) is 2.50. The largest absolute Gasteiger partial charge is 0.478 e. The molecule has 5 heteroatoms. The van der Waals surface area contributed by atoms with Gasteiger partial charge in [0.1, 0.15) is 5.82 Å². The number of nitrogen functional groups attached to an aromatic ring is 1. The number of anilines is 2. The highest BCUT2D eigenvalue weighted by atomic mass is 19.1. The van der Waals surface area contributed by atoms with Crippen LogP contribution < -0.4 is 10.6 Å². The van der Waals surface area contributed by atoms with E-state index in [0.717, 1.165) is 25.9 Å². The van der Waals surface area contributed by atoms with E-state index in [4.69, 9.17) is 10.8 Å². The monoisotopic (exact) mass is 292 g/mol. The van der Waals surface area contributed by atoms with E-state index >= 15 is 0 Å². The summed E-state index contributed by atoms with van der Waals surface area (Å²) >= 11 is 0. The minimum absolute atomic E-state index is 0.344. The lowest BCUT2D eigenvalue weighted by molar-refractivity contribution is 0.0692. The molecule has 0 amide bonds. The molecule has 0 aromatic heterocycles. The second-order valence-electron chi connectivity index (χ2n) is 6.39. The van der Waals surface area contributed by atoms with Crippen LogP contribution in [0.4, 0.5) is 15.8 Å². The molecule has 4 nitrogen and oxygen atoms in total. The highest BCUT2D eigenvalue weighted by Crippen LogP contribution is 2.47. The van der Waals surface area contributed by atoms with Crippen molar-refractivity contribution >= 4 is 17.3 Å². The first kappa shape index (κ1) is 14.2. The first-order valence-electron chi connectivity index (χ1n) is 7.58. The van der Waals surface area contributed by atoms with Crippen molar-refractivity contribution in [1.82, 2.24) is 0 Å². The molecule has 0 bridgehead atoms. The lowest BCUT2D eigenvalue weighted by Gasteiger charge is -2.40. The first-order valence-corrected chi connectivity index (χ1v) is 7.58. The maximum absolute atomic E-state index is 13.9. The number of nitrogens with zero attached hydrogens (tertiary/aromatic N) is 1. The molecule has 0 radical (unpaired) electrons. The van der Waals surface area contributed by atoms with Crippen LogP contribution in [0.25, 0.3) is 0 Å². The first-order chi connectivity index (χ1) is 10.0. The van der Waals surface area contributed by atoms with E-state index in [-0.39, 0.29) is 5.56 Å². The summed E-state index contributed by atoms with van der Waals surface area (Å²) in [5, 5.41) is 8.92. The Morgan fingerprint density at radius 1 is 1.19 bits per heavy atom. The molecule has 21 heavy (non-hydrogen) atoms. The Balaban J connectivity index is 1.79. The zero-order valence-corrected chi connectivity index (χ0v) is 12.1. The number of benzene rings is 1. The second-order valence-corrected chi connectivity index (χ2v) is 6.39. The Kier molecular flexibility index (Phi) is 3.51. The summed E-state index contributed by atoms with van der Waals surface area (Å²) in [5.74, 6) is -2.00. The van der Waals surface area contributed by atoms with Gasteiger partial charge >= 0.3 is 5.97 Å². The van der Waals surface area contributed by atoms with Crippen LogP contribution in [0, 0.1) is 11.2 Å². The van der Waals surface area contributed by atoms with Gasteiger partial charge in [-0.05, 0) is 37.2 Å². The fourth-order valence-electron chi connectivity index (χ4n) is 3.86. The normalized spacial score (nSPS) is 20.9. The van der Waals surface area contributed by atoms with Gasteiger partial charge in [0.05, 0.1) is 16.9 Å². The van der Waals surface area contributed by atoms with Gasteiger partial charge in [0.15, 0.2) is 0 Å². The molecule has 3 N–H and O–H groups in total. The van der Waals surface area contributed by atoms with Gasteiger partial charge < -0.3 is 15.7 Å². The zero-order chi connectivity index (χ0) is 15.0. The molecule has 1 aliphatic carbocycles. The predicted molar refractivity (Wildman–Crippen MR) is 80.1 cm³/mol. The topological polar surface area (TPSA) is 66.6 Å². The van der Waals surface area contributed by atoms with Crippen molar-refractivity contribution in [2.24, 2.45) is 5.41 Å². The third-order valence-electron chi connectivity index (χ3n) is 5.18. The SMILES string of the molecule is Nc1cc(C(=O)O)c(F)cc1N1CCC2(CCCC2)CC1. The predicted octanol–water partition coefficient (Wildman–Crippen LogP) is 3.27. The summed E-state index contributed by atoms with van der Waals surface area (Å²) < 4.78 is 13.9. The van der Waals surface area contributed by atoms with Gasteiger partial charge in [-0.15, -0.1) is 0 Å². The highest BCUT2D eigenvalue weighted by molar-refractivity contribution is 5.91. The summed E-state index contributed by atoms with van der Waals surface area (Å²) in [6.07, 6.45) is 7.50. The number of carbonyl (C=O) groups is 1. The van der Waals surface area contributed by atoms with Gasteiger partial charge in [0.2, 0.25) is 0 Å². The molecule has 2 fully saturated rings. The van der Waals surface area contributed by atoms with Gasteiger partial charge in [-0.3, -0.25) is 0 Å². The van der Waals surface area contributed by atoms with Crippen molar-refractivity contribution in [3.8, 4) is 0 Å². The number of carboxylic acid groups (broad SMARTS) is 1. The highest BCUT2D eigenvalue weighted by Gasteiger charge is 2.37. The summed E-state index contributed by atoms with van der Waals surface area (Å²) in [5.41, 5.74) is 7.04. The minimum Gasteiger partial charge on any atom is -0.478 e. The lowest BCUT2D eigenvalue weighted by Crippen LogP contribution is -2.39. The number of aromatic carboxylic acids is 1. The number of hydrogen-bond acceptors (Lipinski definition) is 3. The molecule has 0 atom stereocenters. The Morgan fingerprint density at radius 3 is 2.38 bits per heavy atom. The van der Waals surface area contributed by atoms with Crippen molar-refractivity contribution in [2.45, 2.75) is 38.5 Å². The van der Waals surface area contributed by atoms with Gasteiger partial charge in [-0.25, -0.2) is 9.18 Å². The van der Waals surface area contributed by atoms with E-state index in [9.17, 15) is 9.18 Å². The zero-order valence-electron chi connectivity index (χ0n) is 12.1. The number of carboxylic acids is 1. The molecule has 1 aromatic carbocycles. The van der Waals surface area contributed by atoms with E-state index in [0.29, 0.717) is 16.8 Å². The molecule has 114 valence electrons. The number of hydrogen-bond donors (Lipinski definition) is 2. The molecule has 2 aliphatic rings. The van der Waals surface area contributed by atoms with Crippen molar-refractivity contribution in [3.63, 3.8) is 0 Å². The van der Waals surface area contributed by atoms with Crippen LogP contribution in [0.15, 0.2) is 12.1 Å². The van der Waals surface area contributed by atoms with Crippen molar-refractivity contribution in [2.75, 3.05) is 23.7 Å². The van der Waals surface area contributed by atoms with E-state index in [1.807, 2.05) is 0 Å². The van der Waals surface area contributed by atoms with Crippen LogP contribution in [-0.4, -0.2) is 24.2 Å². The molecule has 0 unspecified atom stereocenters. The number of nitrogens with two attached hydrogens (primary N) is 1. The number of halogens is 1. The number of piperidine rings is 1. The maximum atomic E-state index is 13.9. The Hall–Kier alpha value is -1.78. The van der Waals surface area contributed by atoms with Crippen LogP contribution in [-0.2, 0) is 0 Å². The average molecular weight is 292 g/mol. The van der Waals surface area contributed by atoms with Crippen LogP contribution in [0.5, 0.6) is 0 Å². The minimum atomic E-state index is -1.28. The lowest BCUT2D eigenvalue weighted by atomic mass is 9.77. The maximum Gasteiger partial charge on any atom is 0.338 e. The molecule has 3 rings (SSSR count). The summed E-state index contributed by atoms with van der Waals surface area (Å²) in [6.45, 7) is 1.74. The Labute approximate surface area is 123 Å². The quantitative estimate of drug-likeness (QED) is 0.821. The molecule has 1 aromatic rings. The third-order valence-corrected chi connectivity index (χ3v) is 5.18. The van der Waals surface area contributed by atoms with Crippen molar-refractivity contribution in [1.29, 1.82) is 0 Å². The summed E-state index contributed by atoms with van der Waals surface area (Å²) in [4.78, 5) is 13.0. The summed E-state index contributed by atoms with van der Waals surface area (Å²) in [7, 11) is 0. The Bertz CT molecular complexity index is 558. The molecular weight excluding hydrogens is 271 g/mol. The van der Waals surface area contributed by atoms with Crippen LogP contribution in [0.2, 0.25) is 0 Å². The van der Waals surface area contributed by atoms with Crippen molar-refractivity contribution < 1.29 is 14.3 Å². The molecule has 1 heterocycles. The standard InChI is InChI=1S/C16H21FN2O2/c17-12-10-14(13(18)9-11(12)15(20)21)19-7-5-16(6-8-19)3-1-2-4-16/h9-10H,1-8,18H2,(H,20,21). The van der Waals surface area contributed by atoms with E-state index in [1.165, 1.54) is 37.8 Å². The third kappa shape index (κ3) is 2.57. The second kappa shape index (κ2) is 5.20. The van der Waals surface area contributed by atoms with Crippen molar-refractivity contribution in [3.05, 3.63) is 23.5 Å². The van der Waals surface area contributed by atoms with E-state index < -0.39 is 11.8 Å². The molecule has 1 aliphatic heterocycles. The molecular formula is C16H21FN2O2. The smallest absolute Gasteiger partial charge is 0.338 e. The molecule has 1 saturated heterocycles. The Morgan fingerprint density at radius 2 is 1.81 bits per heavy atom. The molecule has 1 saturated carbocycles. The van der Waals surface area contributed by atoms with Gasteiger partial charge in [-0.1, -0.05) is 12.8 Å². The molecule has 1 spiro atoms. The van der Waals surface area contributed by atoms with Gasteiger partial charge in [0, 0.05) is 19.2 Å². The van der Waals surface area contributed by atoms with Gasteiger partial charge in [-0.2, -0.15) is 0 Å². The van der Waals surface area contributed by atoms with Crippen LogP contribution in [0.1, 0.15) is 48.9 Å². The van der Waals surface area contributed by atoms with Gasteiger partial charge in [0.25, 0.3) is 0 Å². The number of rotatable bonds is 2. The fourth-order valence-corrected chi connectivity index (χ4v) is 3.86. The fraction of sp³-hybridized carbons (Fsp3) is 0.562. The van der Waals surface area contributed by atoms with E-state index in [2.05, 4.69) is 4.90 Å². The van der Waals surface area contributed by atoms with Crippen LogP contribution >= 0.6 is 0 Å². The average Bonchev–Trinajstić information content (AvgIpc) is 2.90.